The first-order valence-corrected chi connectivity index (χ1v) is 8.54. The number of hydrogen-bond acceptors (Lipinski definition) is 3. The van der Waals surface area contributed by atoms with Crippen molar-refractivity contribution in [2.24, 2.45) is 0 Å². The third-order valence-corrected chi connectivity index (χ3v) is 3.61. The largest absolute Gasteiger partial charge is 0.469 e. The summed E-state index contributed by atoms with van der Waals surface area (Å²) in [7, 11) is 1.41. The second kappa shape index (κ2) is 15.3. The Hall–Kier alpha value is -1.06. The van der Waals surface area contributed by atoms with E-state index in [0.717, 1.165) is 38.6 Å². The highest BCUT2D eigenvalue weighted by molar-refractivity contribution is 5.75. The van der Waals surface area contributed by atoms with Crippen LogP contribution in [0.15, 0.2) is 0 Å². The van der Waals surface area contributed by atoms with Gasteiger partial charge in [-0.05, 0) is 19.3 Å². The molecule has 0 saturated carbocycles. The van der Waals surface area contributed by atoms with Crippen molar-refractivity contribution in [2.45, 2.75) is 84.0 Å². The van der Waals surface area contributed by atoms with E-state index in [0.29, 0.717) is 12.8 Å². The predicted octanol–water partition coefficient (Wildman–Crippen LogP) is 3.98. The highest BCUT2D eigenvalue weighted by Gasteiger charge is 2.02. The number of esters is 1. The molecule has 1 N–H and O–H groups in total. The molecule has 4 nitrogen and oxygen atoms in total. The van der Waals surface area contributed by atoms with Gasteiger partial charge in [-0.3, -0.25) is 9.59 Å². The quantitative estimate of drug-likeness (QED) is 0.390. The molecule has 4 heteroatoms. The molecule has 0 spiro atoms. The van der Waals surface area contributed by atoms with E-state index in [9.17, 15) is 9.59 Å². The maximum Gasteiger partial charge on any atom is 0.305 e. The fourth-order valence-electron chi connectivity index (χ4n) is 2.23. The molecule has 0 aromatic rings. The van der Waals surface area contributed by atoms with E-state index in [1.165, 1.54) is 39.2 Å². The van der Waals surface area contributed by atoms with Crippen molar-refractivity contribution in [3.63, 3.8) is 0 Å². The molecule has 0 aliphatic rings. The van der Waals surface area contributed by atoms with Crippen LogP contribution in [-0.4, -0.2) is 25.5 Å². The minimum absolute atomic E-state index is 0.155. The van der Waals surface area contributed by atoms with E-state index in [4.69, 9.17) is 0 Å². The van der Waals surface area contributed by atoms with Gasteiger partial charge in [0.2, 0.25) is 5.91 Å². The molecule has 0 aromatic carbocycles. The molecule has 0 unspecified atom stereocenters. The van der Waals surface area contributed by atoms with E-state index in [2.05, 4.69) is 17.0 Å². The van der Waals surface area contributed by atoms with Gasteiger partial charge in [0.1, 0.15) is 0 Å². The lowest BCUT2D eigenvalue weighted by molar-refractivity contribution is -0.140. The molecule has 0 saturated heterocycles. The van der Waals surface area contributed by atoms with E-state index < -0.39 is 0 Å². The van der Waals surface area contributed by atoms with E-state index in [1.54, 1.807) is 0 Å². The SMILES string of the molecule is CCCCCCCCCC(=O)NCCCCCC(=O)OC. The Morgan fingerprint density at radius 3 is 2.05 bits per heavy atom. The van der Waals surface area contributed by atoms with Crippen molar-refractivity contribution in [2.75, 3.05) is 13.7 Å². The molecule has 124 valence electrons. The van der Waals surface area contributed by atoms with Gasteiger partial charge in [-0.1, -0.05) is 51.9 Å². The lowest BCUT2D eigenvalue weighted by Gasteiger charge is -2.05. The van der Waals surface area contributed by atoms with Crippen molar-refractivity contribution in [1.29, 1.82) is 0 Å². The monoisotopic (exact) mass is 299 g/mol. The Bertz CT molecular complexity index is 267. The number of hydrogen-bond donors (Lipinski definition) is 1. The number of carbonyl (C=O) groups excluding carboxylic acids is 2. The van der Waals surface area contributed by atoms with Gasteiger partial charge in [0.05, 0.1) is 7.11 Å². The topological polar surface area (TPSA) is 55.4 Å². The first kappa shape index (κ1) is 19.9. The molecule has 0 bridgehead atoms. The van der Waals surface area contributed by atoms with Crippen LogP contribution in [0.4, 0.5) is 0 Å². The lowest BCUT2D eigenvalue weighted by Crippen LogP contribution is -2.24. The molecule has 0 aliphatic carbocycles. The van der Waals surface area contributed by atoms with Crippen LogP contribution < -0.4 is 5.32 Å². The summed E-state index contributed by atoms with van der Waals surface area (Å²) in [5.41, 5.74) is 0. The molecule has 1 amide bonds. The Balaban J connectivity index is 3.22. The fraction of sp³-hybridized carbons (Fsp3) is 0.882. The van der Waals surface area contributed by atoms with Crippen LogP contribution in [0.5, 0.6) is 0 Å². The van der Waals surface area contributed by atoms with Crippen molar-refractivity contribution in [1.82, 2.24) is 5.32 Å². The third kappa shape index (κ3) is 15.2. The van der Waals surface area contributed by atoms with Crippen LogP contribution in [0.3, 0.4) is 0 Å². The molecule has 21 heavy (non-hydrogen) atoms. The molecular formula is C17H33NO3. The Kier molecular flexibility index (Phi) is 14.6. The summed E-state index contributed by atoms with van der Waals surface area (Å²) in [4.78, 5) is 22.5. The van der Waals surface area contributed by atoms with E-state index >= 15 is 0 Å². The number of carbonyl (C=O) groups is 2. The standard InChI is InChI=1S/C17H33NO3/c1-3-4-5-6-7-8-10-13-16(19)18-15-12-9-11-14-17(20)21-2/h3-15H2,1-2H3,(H,18,19). The molecule has 0 fully saturated rings. The maximum absolute atomic E-state index is 11.6. The number of nitrogens with one attached hydrogen (secondary N) is 1. The lowest BCUT2D eigenvalue weighted by atomic mass is 10.1. The van der Waals surface area contributed by atoms with Crippen molar-refractivity contribution < 1.29 is 14.3 Å². The van der Waals surface area contributed by atoms with Gasteiger partial charge in [-0.2, -0.15) is 0 Å². The van der Waals surface area contributed by atoms with Crippen LogP contribution >= 0.6 is 0 Å². The molecule has 0 heterocycles. The first-order valence-electron chi connectivity index (χ1n) is 8.54. The highest BCUT2D eigenvalue weighted by Crippen LogP contribution is 2.08. The second-order valence-corrected chi connectivity index (χ2v) is 5.61. The van der Waals surface area contributed by atoms with Crippen molar-refractivity contribution in [3.8, 4) is 0 Å². The molecule has 0 rings (SSSR count). The molecular weight excluding hydrogens is 266 g/mol. The predicted molar refractivity (Wildman–Crippen MR) is 86.1 cm³/mol. The summed E-state index contributed by atoms with van der Waals surface area (Å²) in [5, 5.41) is 2.94. The zero-order chi connectivity index (χ0) is 15.8. The van der Waals surface area contributed by atoms with Crippen LogP contribution in [0.25, 0.3) is 0 Å². The van der Waals surface area contributed by atoms with Crippen molar-refractivity contribution in [3.05, 3.63) is 0 Å². The van der Waals surface area contributed by atoms with Gasteiger partial charge < -0.3 is 10.1 Å². The molecule has 0 radical (unpaired) electrons. The normalized spacial score (nSPS) is 10.4. The molecule has 0 atom stereocenters. The summed E-state index contributed by atoms with van der Waals surface area (Å²) in [6.45, 7) is 2.94. The molecule has 0 aliphatic heterocycles. The van der Waals surface area contributed by atoms with Crippen LogP contribution in [0, 0.1) is 0 Å². The number of unbranched alkanes of at least 4 members (excludes halogenated alkanes) is 8. The fourth-order valence-corrected chi connectivity index (χ4v) is 2.23. The van der Waals surface area contributed by atoms with Crippen LogP contribution in [0.1, 0.15) is 84.0 Å². The Labute approximate surface area is 130 Å². The van der Waals surface area contributed by atoms with Gasteiger partial charge in [-0.25, -0.2) is 0 Å². The Morgan fingerprint density at radius 2 is 1.38 bits per heavy atom. The van der Waals surface area contributed by atoms with Gasteiger partial charge in [-0.15, -0.1) is 0 Å². The van der Waals surface area contributed by atoms with Crippen LogP contribution in [0.2, 0.25) is 0 Å². The minimum atomic E-state index is -0.155. The first-order chi connectivity index (χ1) is 10.2. The summed E-state index contributed by atoms with van der Waals surface area (Å²) in [6.07, 6.45) is 12.5. The number of ether oxygens (including phenoxy) is 1. The average molecular weight is 299 g/mol. The zero-order valence-corrected chi connectivity index (χ0v) is 13.9. The van der Waals surface area contributed by atoms with E-state index in [1.807, 2.05) is 0 Å². The van der Waals surface area contributed by atoms with Gasteiger partial charge >= 0.3 is 5.97 Å². The zero-order valence-electron chi connectivity index (χ0n) is 13.9. The Morgan fingerprint density at radius 1 is 0.810 bits per heavy atom. The second-order valence-electron chi connectivity index (χ2n) is 5.61. The summed E-state index contributed by atoms with van der Waals surface area (Å²) >= 11 is 0. The van der Waals surface area contributed by atoms with Gasteiger partial charge in [0.15, 0.2) is 0 Å². The number of methoxy groups -OCH3 is 1. The van der Waals surface area contributed by atoms with E-state index in [-0.39, 0.29) is 11.9 Å². The molecule has 0 aromatic heterocycles. The van der Waals surface area contributed by atoms with Crippen LogP contribution in [-0.2, 0) is 14.3 Å². The van der Waals surface area contributed by atoms with Crippen molar-refractivity contribution >= 4 is 11.9 Å². The van der Waals surface area contributed by atoms with Gasteiger partial charge in [0, 0.05) is 19.4 Å². The minimum Gasteiger partial charge on any atom is -0.469 e. The van der Waals surface area contributed by atoms with Gasteiger partial charge in [0.25, 0.3) is 0 Å². The highest BCUT2D eigenvalue weighted by atomic mass is 16.5. The summed E-state index contributed by atoms with van der Waals surface area (Å²) in [5.74, 6) is 0.00879. The summed E-state index contributed by atoms with van der Waals surface area (Å²) in [6, 6.07) is 0. The third-order valence-electron chi connectivity index (χ3n) is 3.61. The number of rotatable bonds is 14. The summed E-state index contributed by atoms with van der Waals surface area (Å²) < 4.78 is 4.57. The smallest absolute Gasteiger partial charge is 0.305 e. The average Bonchev–Trinajstić information content (AvgIpc) is 2.49. The maximum atomic E-state index is 11.6. The number of amides is 1.